The molecule has 1 atom stereocenters. The molecule has 0 radical (unpaired) electrons. The molecule has 1 amide bonds. The molecule has 9 heteroatoms. The van der Waals surface area contributed by atoms with Crippen LogP contribution < -0.4 is 11.0 Å². The van der Waals surface area contributed by atoms with Crippen molar-refractivity contribution in [3.8, 4) is 11.1 Å². The van der Waals surface area contributed by atoms with E-state index in [0.717, 1.165) is 30.6 Å². The first-order chi connectivity index (χ1) is 16.5. The van der Waals surface area contributed by atoms with E-state index in [2.05, 4.69) is 0 Å². The summed E-state index contributed by atoms with van der Waals surface area (Å²) < 4.78 is 38.6. The average molecular weight is 501 g/mol. The van der Waals surface area contributed by atoms with Gasteiger partial charge in [0.15, 0.2) is 14.6 Å². The molecule has 1 fully saturated rings. The Morgan fingerprint density at radius 2 is 1.94 bits per heavy atom. The number of rotatable bonds is 9. The van der Waals surface area contributed by atoms with Crippen LogP contribution in [-0.4, -0.2) is 35.1 Å². The summed E-state index contributed by atoms with van der Waals surface area (Å²) in [5.74, 6) is -0.568. The highest BCUT2D eigenvalue weighted by atomic mass is 32.2. The quantitative estimate of drug-likeness (QED) is 0.343. The molecular formula is C26H29FN2O5S. The molecule has 1 heterocycles. The van der Waals surface area contributed by atoms with Gasteiger partial charge in [0.2, 0.25) is 0 Å². The number of fused-ring (bicyclic) bond motifs is 1. The highest BCUT2D eigenvalue weighted by Gasteiger charge is 2.43. The summed E-state index contributed by atoms with van der Waals surface area (Å²) in [4.78, 5) is 25.0. The molecule has 0 bridgehead atoms. The van der Waals surface area contributed by atoms with Crippen LogP contribution in [0.15, 0.2) is 53.5 Å². The molecule has 0 saturated heterocycles. The average Bonchev–Trinajstić information content (AvgIpc) is 3.65. The topological polar surface area (TPSA) is 105 Å². The first kappa shape index (κ1) is 25.1. The number of benzene rings is 2. The maximum Gasteiger partial charge on any atom is 0.264 e. The van der Waals surface area contributed by atoms with E-state index in [1.807, 2.05) is 6.07 Å². The van der Waals surface area contributed by atoms with Gasteiger partial charge >= 0.3 is 0 Å². The van der Waals surface area contributed by atoms with Gasteiger partial charge in [0.1, 0.15) is 5.82 Å². The molecule has 7 nitrogen and oxygen atoms in total. The molecule has 1 saturated carbocycles. The van der Waals surface area contributed by atoms with Crippen molar-refractivity contribution in [2.24, 2.45) is 5.92 Å². The lowest BCUT2D eigenvalue weighted by molar-refractivity contribution is -0.131. The number of carbonyl (C=O) groups excluding carboxylic acids is 1. The van der Waals surface area contributed by atoms with Crippen LogP contribution in [0.3, 0.4) is 0 Å². The fourth-order valence-electron chi connectivity index (χ4n) is 4.28. The van der Waals surface area contributed by atoms with Gasteiger partial charge in [0.25, 0.3) is 11.5 Å². The van der Waals surface area contributed by atoms with Crippen molar-refractivity contribution in [2.45, 2.75) is 50.3 Å². The Labute approximate surface area is 203 Å². The Morgan fingerprint density at radius 3 is 2.57 bits per heavy atom. The number of aromatic nitrogens is 1. The van der Waals surface area contributed by atoms with Gasteiger partial charge in [-0.25, -0.2) is 18.3 Å². The number of nitrogens with zero attached hydrogens (tertiary/aromatic N) is 1. The molecule has 0 spiro atoms. The third-order valence-corrected chi connectivity index (χ3v) is 9.12. The summed E-state index contributed by atoms with van der Waals surface area (Å²) in [6.45, 7) is 1.16. The van der Waals surface area contributed by atoms with Gasteiger partial charge in [0.05, 0.1) is 0 Å². The number of hydroxylamine groups is 1. The van der Waals surface area contributed by atoms with E-state index in [9.17, 15) is 22.4 Å². The number of pyridine rings is 1. The van der Waals surface area contributed by atoms with Crippen LogP contribution in [-0.2, 0) is 27.6 Å². The molecule has 0 unspecified atom stereocenters. The number of hydrogen-bond donors (Lipinski definition) is 2. The highest BCUT2D eigenvalue weighted by molar-refractivity contribution is 7.92. The third-order valence-electron chi connectivity index (χ3n) is 7.09. The Morgan fingerprint density at radius 1 is 1.20 bits per heavy atom. The number of halogens is 1. The molecular weight excluding hydrogens is 471 g/mol. The summed E-state index contributed by atoms with van der Waals surface area (Å²) in [6, 6.07) is 12.1. The van der Waals surface area contributed by atoms with Gasteiger partial charge in [0, 0.05) is 29.9 Å². The van der Waals surface area contributed by atoms with Crippen LogP contribution in [0.25, 0.3) is 21.9 Å². The van der Waals surface area contributed by atoms with Crippen LogP contribution >= 0.6 is 0 Å². The minimum absolute atomic E-state index is 0.0511. The Bertz CT molecular complexity index is 1450. The monoisotopic (exact) mass is 500 g/mol. The van der Waals surface area contributed by atoms with Gasteiger partial charge in [-0.3, -0.25) is 14.8 Å². The fourth-order valence-corrected chi connectivity index (χ4v) is 5.12. The lowest BCUT2D eigenvalue weighted by Crippen LogP contribution is -2.49. The van der Waals surface area contributed by atoms with E-state index in [0.29, 0.717) is 21.9 Å². The predicted octanol–water partition coefficient (Wildman–Crippen LogP) is 3.85. The minimum Gasteiger partial charge on any atom is -0.315 e. The van der Waals surface area contributed by atoms with Crippen molar-refractivity contribution < 1.29 is 22.8 Å². The van der Waals surface area contributed by atoms with E-state index in [4.69, 9.17) is 5.21 Å². The second kappa shape index (κ2) is 9.54. The second-order valence-electron chi connectivity index (χ2n) is 9.61. The number of sulfone groups is 1. The molecule has 4 rings (SSSR count). The molecule has 1 aliphatic carbocycles. The Hall–Kier alpha value is -3.04. The summed E-state index contributed by atoms with van der Waals surface area (Å²) in [5.41, 5.74) is 3.15. The molecule has 2 N–H and O–H groups in total. The summed E-state index contributed by atoms with van der Waals surface area (Å²) in [6.07, 6.45) is 6.73. The molecule has 186 valence electrons. The standard InChI is InChI=1S/C26H29FN2O5S/c1-26(25(31)28-32,35(2,33)34)12-14-29-13-11-20-16-19(8-10-22(20)24(29)30)21-9-7-18(15-23(21)27)6-5-17-3-4-17/h7-11,13,15-17,32H,3-6,12,14H2,1-2H3,(H,28,31)/t26-/m0/s1. The van der Waals surface area contributed by atoms with Crippen molar-refractivity contribution in [3.63, 3.8) is 0 Å². The Balaban J connectivity index is 1.58. The first-order valence-corrected chi connectivity index (χ1v) is 13.5. The van der Waals surface area contributed by atoms with Crippen molar-refractivity contribution >= 4 is 26.5 Å². The molecule has 2 aromatic carbocycles. The van der Waals surface area contributed by atoms with Crippen LogP contribution in [0, 0.1) is 11.7 Å². The SMILES string of the molecule is C[C@](CCn1ccc2cc(-c3ccc(CCC4CC4)cc3F)ccc2c1=O)(C(=O)NO)S(C)(=O)=O. The van der Waals surface area contributed by atoms with Crippen LogP contribution in [0.1, 0.15) is 38.2 Å². The predicted molar refractivity (Wildman–Crippen MR) is 132 cm³/mol. The summed E-state index contributed by atoms with van der Waals surface area (Å²) in [5, 5.41) is 9.99. The zero-order valence-corrected chi connectivity index (χ0v) is 20.6. The zero-order valence-electron chi connectivity index (χ0n) is 19.8. The van der Waals surface area contributed by atoms with Crippen LogP contribution in [0.5, 0.6) is 0 Å². The van der Waals surface area contributed by atoms with Gasteiger partial charge in [-0.15, -0.1) is 0 Å². The fraction of sp³-hybridized carbons (Fsp3) is 0.385. The van der Waals surface area contributed by atoms with Crippen LogP contribution in [0.2, 0.25) is 0 Å². The van der Waals surface area contributed by atoms with E-state index in [1.54, 1.807) is 36.4 Å². The molecule has 3 aromatic rings. The summed E-state index contributed by atoms with van der Waals surface area (Å²) >= 11 is 0. The Kier molecular flexibility index (Phi) is 6.83. The number of amides is 1. The van der Waals surface area contributed by atoms with Crippen molar-refractivity contribution in [2.75, 3.05) is 6.26 Å². The maximum atomic E-state index is 14.9. The first-order valence-electron chi connectivity index (χ1n) is 11.6. The lowest BCUT2D eigenvalue weighted by atomic mass is 9.98. The third kappa shape index (κ3) is 5.16. The lowest BCUT2D eigenvalue weighted by Gasteiger charge is -2.25. The molecule has 35 heavy (non-hydrogen) atoms. The number of nitrogens with one attached hydrogen (secondary N) is 1. The number of carbonyl (C=O) groups is 1. The van der Waals surface area contributed by atoms with Crippen molar-refractivity contribution in [1.82, 2.24) is 10.0 Å². The largest absolute Gasteiger partial charge is 0.315 e. The van der Waals surface area contributed by atoms with Crippen LogP contribution in [0.4, 0.5) is 4.39 Å². The number of hydrogen-bond acceptors (Lipinski definition) is 5. The highest BCUT2D eigenvalue weighted by Crippen LogP contribution is 2.34. The van der Waals surface area contributed by atoms with Crippen molar-refractivity contribution in [3.05, 3.63) is 70.4 Å². The zero-order chi connectivity index (χ0) is 25.4. The smallest absolute Gasteiger partial charge is 0.264 e. The molecule has 0 aliphatic heterocycles. The van der Waals surface area contributed by atoms with E-state index in [1.165, 1.54) is 36.0 Å². The number of aryl methyl sites for hydroxylation is 2. The molecule has 1 aromatic heterocycles. The van der Waals surface area contributed by atoms with Gasteiger partial charge in [-0.1, -0.05) is 31.0 Å². The van der Waals surface area contributed by atoms with E-state index in [-0.39, 0.29) is 24.3 Å². The van der Waals surface area contributed by atoms with Gasteiger partial charge in [-0.05, 0) is 72.9 Å². The van der Waals surface area contributed by atoms with E-state index < -0.39 is 20.5 Å². The van der Waals surface area contributed by atoms with Gasteiger partial charge in [-0.2, -0.15) is 0 Å². The van der Waals surface area contributed by atoms with Gasteiger partial charge < -0.3 is 4.57 Å². The summed E-state index contributed by atoms with van der Waals surface area (Å²) in [7, 11) is -3.87. The van der Waals surface area contributed by atoms with E-state index >= 15 is 0 Å². The van der Waals surface area contributed by atoms with Crippen molar-refractivity contribution in [1.29, 1.82) is 0 Å². The molecule has 1 aliphatic rings. The maximum absolute atomic E-state index is 14.9. The minimum atomic E-state index is -3.87. The normalized spacial score (nSPS) is 15.7. The second-order valence-corrected chi connectivity index (χ2v) is 12.1.